The van der Waals surface area contributed by atoms with Gasteiger partial charge in [-0.2, -0.15) is 0 Å². The Morgan fingerprint density at radius 1 is 0.943 bits per heavy atom. The van der Waals surface area contributed by atoms with Crippen LogP contribution >= 0.6 is 0 Å². The summed E-state index contributed by atoms with van der Waals surface area (Å²) in [7, 11) is 0. The molecule has 2 aliphatic carbocycles. The van der Waals surface area contributed by atoms with E-state index in [0.717, 1.165) is 25.7 Å². The lowest BCUT2D eigenvalue weighted by Crippen LogP contribution is -2.22. The molecule has 0 amide bonds. The first-order chi connectivity index (χ1) is 16.8. The Hall–Kier alpha value is -2.34. The third-order valence-corrected chi connectivity index (χ3v) is 8.35. The normalized spacial score (nSPS) is 20.1. The number of allylic oxidation sites excluding steroid dienone is 3. The van der Waals surface area contributed by atoms with Gasteiger partial charge in [-0.15, -0.1) is 0 Å². The van der Waals surface area contributed by atoms with Gasteiger partial charge in [-0.25, -0.2) is 0 Å². The molecule has 0 saturated carbocycles. The van der Waals surface area contributed by atoms with Crippen LogP contribution in [0.2, 0.25) is 0 Å². The van der Waals surface area contributed by atoms with Crippen LogP contribution < -0.4 is 0 Å². The fourth-order valence-electron chi connectivity index (χ4n) is 6.63. The Morgan fingerprint density at radius 3 is 2.51 bits per heavy atom. The maximum Gasteiger partial charge on any atom is 0.00602 e. The van der Waals surface area contributed by atoms with Gasteiger partial charge in [-0.05, 0) is 103 Å². The molecule has 0 heterocycles. The number of benzene rings is 2. The molecule has 2 aliphatic rings. The Kier molecular flexibility index (Phi) is 8.53. The first-order valence-electron chi connectivity index (χ1n) is 14.1. The molecular weight excluding hydrogens is 420 g/mol. The summed E-state index contributed by atoms with van der Waals surface area (Å²) in [5, 5.41) is 0. The zero-order valence-corrected chi connectivity index (χ0v) is 22.5. The maximum absolute atomic E-state index is 4.71. The van der Waals surface area contributed by atoms with Crippen LogP contribution in [0.1, 0.15) is 99.5 Å². The number of hydrogen-bond acceptors (Lipinski definition) is 0. The van der Waals surface area contributed by atoms with E-state index in [2.05, 4.69) is 76.4 Å². The maximum atomic E-state index is 4.71. The Labute approximate surface area is 215 Å². The number of fused-ring (bicyclic) bond motifs is 2. The van der Waals surface area contributed by atoms with Gasteiger partial charge in [0.05, 0.1) is 0 Å². The van der Waals surface area contributed by atoms with Crippen molar-refractivity contribution in [2.24, 2.45) is 17.8 Å². The number of aryl methyl sites for hydroxylation is 2. The molecule has 0 N–H and O–H groups in total. The minimum atomic E-state index is 0.403. The van der Waals surface area contributed by atoms with E-state index in [1.807, 2.05) is 0 Å². The van der Waals surface area contributed by atoms with Crippen LogP contribution in [0.3, 0.4) is 0 Å². The summed E-state index contributed by atoms with van der Waals surface area (Å²) in [6, 6.07) is 16.2. The summed E-state index contributed by atoms with van der Waals surface area (Å²) in [6.45, 7) is 20.6. The summed E-state index contributed by atoms with van der Waals surface area (Å²) < 4.78 is 0. The predicted octanol–water partition coefficient (Wildman–Crippen LogP) is 9.89. The van der Waals surface area contributed by atoms with Crippen molar-refractivity contribution in [1.82, 2.24) is 0 Å². The highest BCUT2D eigenvalue weighted by molar-refractivity contribution is 5.74. The number of rotatable bonds is 11. The molecule has 0 aliphatic heterocycles. The Balaban J connectivity index is 1.42. The second kappa shape index (κ2) is 11.6. The second-order valence-electron chi connectivity index (χ2n) is 11.9. The molecule has 0 saturated heterocycles. The van der Waals surface area contributed by atoms with Crippen molar-refractivity contribution in [3.8, 4) is 0 Å². The SMILES string of the molecule is C=C(CCCCC1C(=C)c2ccccc2C(CC(C)Cc2ccc3c(c2)CCC3)C1=C)CC(C)C. The lowest BCUT2D eigenvalue weighted by Gasteiger charge is -2.37. The summed E-state index contributed by atoms with van der Waals surface area (Å²) in [5.41, 5.74) is 11.6. The fourth-order valence-corrected chi connectivity index (χ4v) is 6.63. The molecule has 0 heteroatoms. The highest BCUT2D eigenvalue weighted by Gasteiger charge is 2.33. The summed E-state index contributed by atoms with van der Waals surface area (Å²) in [6.07, 6.45) is 12.1. The average Bonchev–Trinajstić information content (AvgIpc) is 3.29. The minimum absolute atomic E-state index is 0.403. The van der Waals surface area contributed by atoms with Crippen molar-refractivity contribution in [3.05, 3.63) is 101 Å². The molecule has 186 valence electrons. The topological polar surface area (TPSA) is 0 Å². The first kappa shape index (κ1) is 25.7. The first-order valence-corrected chi connectivity index (χ1v) is 14.1. The summed E-state index contributed by atoms with van der Waals surface area (Å²) >= 11 is 0. The van der Waals surface area contributed by atoms with E-state index in [1.54, 1.807) is 11.1 Å². The van der Waals surface area contributed by atoms with E-state index in [9.17, 15) is 0 Å². The molecule has 35 heavy (non-hydrogen) atoms. The van der Waals surface area contributed by atoms with Crippen molar-refractivity contribution in [1.29, 1.82) is 0 Å². The summed E-state index contributed by atoms with van der Waals surface area (Å²) in [5.74, 6) is 2.16. The van der Waals surface area contributed by atoms with Crippen LogP contribution in [-0.2, 0) is 19.3 Å². The van der Waals surface area contributed by atoms with E-state index < -0.39 is 0 Å². The average molecular weight is 467 g/mol. The molecular formula is C35H46. The molecule has 0 spiro atoms. The molecule has 0 radical (unpaired) electrons. The van der Waals surface area contributed by atoms with Gasteiger partial charge in [0.15, 0.2) is 0 Å². The molecule has 0 bridgehead atoms. The van der Waals surface area contributed by atoms with Gasteiger partial charge in [0, 0.05) is 11.8 Å². The van der Waals surface area contributed by atoms with E-state index in [1.165, 1.54) is 71.9 Å². The molecule has 2 aromatic rings. The van der Waals surface area contributed by atoms with Crippen LogP contribution in [0.5, 0.6) is 0 Å². The molecule has 3 unspecified atom stereocenters. The molecule has 0 fully saturated rings. The van der Waals surface area contributed by atoms with Gasteiger partial charge in [0.25, 0.3) is 0 Å². The molecule has 0 aromatic heterocycles. The number of hydrogen-bond donors (Lipinski definition) is 0. The fraction of sp³-hybridized carbons (Fsp3) is 0.486. The summed E-state index contributed by atoms with van der Waals surface area (Å²) in [4.78, 5) is 0. The monoisotopic (exact) mass is 466 g/mol. The molecule has 3 atom stereocenters. The zero-order chi connectivity index (χ0) is 24.9. The third-order valence-electron chi connectivity index (χ3n) is 8.35. The molecule has 2 aromatic carbocycles. The van der Waals surface area contributed by atoms with E-state index >= 15 is 0 Å². The Morgan fingerprint density at radius 2 is 1.71 bits per heavy atom. The standard InChI is InChI=1S/C35H46/c1-24(2)20-25(3)12-7-8-15-32-27(5)33-16-9-10-17-34(33)35(28(32)6)22-26(4)21-29-18-19-30-13-11-14-31(30)23-29/h9-10,16-19,23-24,26,32,35H,3,5-8,11-15,20-22H2,1-2,4H3. The van der Waals surface area contributed by atoms with Crippen LogP contribution in [0.15, 0.2) is 73.3 Å². The van der Waals surface area contributed by atoms with Crippen molar-refractivity contribution in [2.45, 2.75) is 90.9 Å². The van der Waals surface area contributed by atoms with Crippen molar-refractivity contribution >= 4 is 5.57 Å². The molecule has 4 rings (SSSR count). The predicted molar refractivity (Wildman–Crippen MR) is 154 cm³/mol. The van der Waals surface area contributed by atoms with Crippen molar-refractivity contribution < 1.29 is 0 Å². The van der Waals surface area contributed by atoms with E-state index in [0.29, 0.717) is 23.7 Å². The largest absolute Gasteiger partial charge is 0.0999 e. The highest BCUT2D eigenvalue weighted by Crippen LogP contribution is 2.48. The Bertz CT molecular complexity index is 1070. The lowest BCUT2D eigenvalue weighted by molar-refractivity contribution is 0.461. The van der Waals surface area contributed by atoms with Crippen molar-refractivity contribution in [3.63, 3.8) is 0 Å². The van der Waals surface area contributed by atoms with Crippen LogP contribution in [0.4, 0.5) is 0 Å². The van der Waals surface area contributed by atoms with Gasteiger partial charge in [-0.3, -0.25) is 0 Å². The van der Waals surface area contributed by atoms with E-state index in [4.69, 9.17) is 6.58 Å². The van der Waals surface area contributed by atoms with Crippen LogP contribution in [0, 0.1) is 17.8 Å². The number of unbranched alkanes of at least 4 members (excludes halogenated alkanes) is 1. The second-order valence-corrected chi connectivity index (χ2v) is 11.9. The van der Waals surface area contributed by atoms with Crippen LogP contribution in [0.25, 0.3) is 5.57 Å². The van der Waals surface area contributed by atoms with Gasteiger partial charge in [-0.1, -0.05) is 101 Å². The quantitative estimate of drug-likeness (QED) is 0.228. The lowest BCUT2D eigenvalue weighted by atomic mass is 9.67. The molecule has 0 nitrogen and oxygen atoms in total. The van der Waals surface area contributed by atoms with Gasteiger partial charge in [0.2, 0.25) is 0 Å². The zero-order valence-electron chi connectivity index (χ0n) is 22.5. The van der Waals surface area contributed by atoms with Gasteiger partial charge < -0.3 is 0 Å². The van der Waals surface area contributed by atoms with E-state index in [-0.39, 0.29) is 0 Å². The third kappa shape index (κ3) is 6.27. The minimum Gasteiger partial charge on any atom is -0.0999 e. The van der Waals surface area contributed by atoms with Gasteiger partial charge >= 0.3 is 0 Å². The van der Waals surface area contributed by atoms with Gasteiger partial charge in [0.1, 0.15) is 0 Å². The smallest absolute Gasteiger partial charge is 0.00602 e. The van der Waals surface area contributed by atoms with Crippen LogP contribution in [-0.4, -0.2) is 0 Å². The highest BCUT2D eigenvalue weighted by atomic mass is 14.4. The van der Waals surface area contributed by atoms with Crippen molar-refractivity contribution in [2.75, 3.05) is 0 Å².